The molecule has 2 heterocycles. The van der Waals surface area contributed by atoms with Gasteiger partial charge in [0.05, 0.1) is 35.7 Å². The molecule has 4 rings (SSSR count). The summed E-state index contributed by atoms with van der Waals surface area (Å²) < 4.78 is 4.67. The van der Waals surface area contributed by atoms with Gasteiger partial charge in [0.1, 0.15) is 0 Å². The van der Waals surface area contributed by atoms with E-state index in [9.17, 15) is 24.5 Å². The third kappa shape index (κ3) is 4.04. The van der Waals surface area contributed by atoms with E-state index in [1.165, 1.54) is 36.3 Å². The van der Waals surface area contributed by atoms with Gasteiger partial charge in [-0.3, -0.25) is 24.6 Å². The van der Waals surface area contributed by atoms with Gasteiger partial charge in [0.2, 0.25) is 5.91 Å². The van der Waals surface area contributed by atoms with Gasteiger partial charge >= 0.3 is 5.97 Å². The van der Waals surface area contributed by atoms with E-state index in [-0.39, 0.29) is 23.9 Å². The smallest absolute Gasteiger partial charge is 0.337 e. The van der Waals surface area contributed by atoms with Crippen LogP contribution in [0.15, 0.2) is 48.5 Å². The molecule has 2 aliphatic heterocycles. The summed E-state index contributed by atoms with van der Waals surface area (Å²) in [7, 11) is 1.29. The third-order valence-corrected chi connectivity index (χ3v) is 5.85. The Morgan fingerprint density at radius 3 is 2.12 bits per heavy atom. The number of carbonyl (C=O) groups is 3. The predicted octanol–water partition coefficient (Wildman–Crippen LogP) is 1.84. The predicted molar refractivity (Wildman–Crippen MR) is 116 cm³/mol. The van der Waals surface area contributed by atoms with Crippen molar-refractivity contribution in [3.63, 3.8) is 0 Å². The first-order valence-corrected chi connectivity index (χ1v) is 10.2. The van der Waals surface area contributed by atoms with Gasteiger partial charge in [0.25, 0.3) is 11.6 Å². The number of imide groups is 1. The Bertz CT molecular complexity index is 1050. The second-order valence-electron chi connectivity index (χ2n) is 7.62. The molecule has 32 heavy (non-hydrogen) atoms. The second-order valence-corrected chi connectivity index (χ2v) is 7.62. The van der Waals surface area contributed by atoms with Crippen LogP contribution in [0, 0.1) is 10.1 Å². The Hall–Kier alpha value is -3.79. The van der Waals surface area contributed by atoms with E-state index in [1.54, 1.807) is 24.3 Å². The summed E-state index contributed by atoms with van der Waals surface area (Å²) in [5, 5.41) is 10.8. The fraction of sp³-hybridized carbons (Fsp3) is 0.318. The second kappa shape index (κ2) is 8.75. The molecule has 0 radical (unpaired) electrons. The molecule has 0 saturated carbocycles. The molecule has 10 nitrogen and oxygen atoms in total. The highest BCUT2D eigenvalue weighted by Crippen LogP contribution is 2.28. The fourth-order valence-corrected chi connectivity index (χ4v) is 4.11. The summed E-state index contributed by atoms with van der Waals surface area (Å²) in [6.07, 6.45) is 0.106. The van der Waals surface area contributed by atoms with Crippen LogP contribution in [-0.2, 0) is 14.3 Å². The highest BCUT2D eigenvalue weighted by Gasteiger charge is 2.43. The molecule has 0 unspecified atom stereocenters. The van der Waals surface area contributed by atoms with Crippen LogP contribution in [0.1, 0.15) is 16.8 Å². The van der Waals surface area contributed by atoms with E-state index in [4.69, 9.17) is 0 Å². The summed E-state index contributed by atoms with van der Waals surface area (Å²) in [5.74, 6) is -1.03. The Morgan fingerprint density at radius 2 is 1.56 bits per heavy atom. The number of nitro benzene ring substituents is 1. The number of nitro groups is 1. The molecule has 0 aromatic heterocycles. The average Bonchev–Trinajstić information content (AvgIpc) is 3.12. The molecule has 2 fully saturated rings. The monoisotopic (exact) mass is 438 g/mol. The largest absolute Gasteiger partial charge is 0.465 e. The Labute approximate surface area is 184 Å². The van der Waals surface area contributed by atoms with Gasteiger partial charge in [0, 0.05) is 44.0 Å². The van der Waals surface area contributed by atoms with Gasteiger partial charge in [-0.05, 0) is 36.4 Å². The lowest BCUT2D eigenvalue weighted by atomic mass is 10.1. The number of ether oxygens (including phenoxy) is 1. The van der Waals surface area contributed by atoms with Gasteiger partial charge in [-0.15, -0.1) is 0 Å². The van der Waals surface area contributed by atoms with E-state index in [1.807, 2.05) is 4.90 Å². The highest BCUT2D eigenvalue weighted by atomic mass is 16.6. The molecule has 2 aliphatic rings. The summed E-state index contributed by atoms with van der Waals surface area (Å²) in [5.41, 5.74) is 1.70. The molecular weight excluding hydrogens is 416 g/mol. The van der Waals surface area contributed by atoms with Gasteiger partial charge in [-0.2, -0.15) is 0 Å². The van der Waals surface area contributed by atoms with Gasteiger partial charge in [0.15, 0.2) is 0 Å². The molecule has 2 amide bonds. The van der Waals surface area contributed by atoms with Crippen molar-refractivity contribution in [2.24, 2.45) is 0 Å². The molecule has 0 aliphatic carbocycles. The standard InChI is InChI=1S/C22H22N4O6/c1-32-22(29)15-2-4-17(5-3-15)25-20(27)14-19(21(25)28)24-12-10-23(11-13-24)16-6-8-18(9-7-16)26(30)31/h2-9,19H,10-14H2,1H3/t19-/m0/s1. The maximum Gasteiger partial charge on any atom is 0.337 e. The Kier molecular flexibility index (Phi) is 5.87. The summed E-state index contributed by atoms with van der Waals surface area (Å²) >= 11 is 0. The number of nitrogens with zero attached hydrogens (tertiary/aromatic N) is 4. The SMILES string of the molecule is COC(=O)c1ccc(N2C(=O)C[C@H](N3CCN(c4ccc([N+](=O)[O-])cc4)CC3)C2=O)cc1. The highest BCUT2D eigenvalue weighted by molar-refractivity contribution is 6.22. The van der Waals surface area contributed by atoms with Crippen molar-refractivity contribution in [2.75, 3.05) is 43.1 Å². The zero-order chi connectivity index (χ0) is 22.8. The van der Waals surface area contributed by atoms with Crippen LogP contribution in [0.5, 0.6) is 0 Å². The molecule has 166 valence electrons. The topological polar surface area (TPSA) is 113 Å². The van der Waals surface area contributed by atoms with Gasteiger partial charge < -0.3 is 9.64 Å². The Morgan fingerprint density at radius 1 is 0.969 bits per heavy atom. The van der Waals surface area contributed by atoms with Crippen LogP contribution in [0.3, 0.4) is 0 Å². The van der Waals surface area contributed by atoms with Gasteiger partial charge in [-0.1, -0.05) is 0 Å². The normalized spacial score (nSPS) is 19.3. The van der Waals surface area contributed by atoms with Crippen molar-refractivity contribution >= 4 is 34.8 Å². The molecule has 0 spiro atoms. The van der Waals surface area contributed by atoms with E-state index >= 15 is 0 Å². The number of methoxy groups -OCH3 is 1. The van der Waals surface area contributed by atoms with Crippen LogP contribution in [0.2, 0.25) is 0 Å². The van der Waals surface area contributed by atoms with E-state index < -0.39 is 16.9 Å². The van der Waals surface area contributed by atoms with Crippen LogP contribution < -0.4 is 9.80 Å². The van der Waals surface area contributed by atoms with Crippen molar-refractivity contribution in [3.8, 4) is 0 Å². The van der Waals surface area contributed by atoms with Crippen molar-refractivity contribution in [1.82, 2.24) is 4.90 Å². The molecule has 1 atom stereocenters. The van der Waals surface area contributed by atoms with E-state index in [2.05, 4.69) is 9.64 Å². The van der Waals surface area contributed by atoms with Crippen LogP contribution in [0.25, 0.3) is 0 Å². The summed E-state index contributed by atoms with van der Waals surface area (Å²) in [6.45, 7) is 2.47. The van der Waals surface area contributed by atoms with Gasteiger partial charge in [-0.25, -0.2) is 9.69 Å². The number of rotatable bonds is 5. The Balaban J connectivity index is 1.40. The summed E-state index contributed by atoms with van der Waals surface area (Å²) in [6, 6.07) is 12.1. The van der Waals surface area contributed by atoms with Crippen LogP contribution in [0.4, 0.5) is 17.1 Å². The lowest BCUT2D eigenvalue weighted by molar-refractivity contribution is -0.384. The number of benzene rings is 2. The molecule has 10 heteroatoms. The number of hydrogen-bond acceptors (Lipinski definition) is 8. The lowest BCUT2D eigenvalue weighted by Gasteiger charge is -2.38. The molecular formula is C22H22N4O6. The van der Waals surface area contributed by atoms with E-state index in [0.717, 1.165) is 5.69 Å². The minimum absolute atomic E-state index is 0.0437. The summed E-state index contributed by atoms with van der Waals surface area (Å²) in [4.78, 5) is 52.9. The first-order valence-electron chi connectivity index (χ1n) is 10.2. The fourth-order valence-electron chi connectivity index (χ4n) is 4.11. The first kappa shape index (κ1) is 21.4. The number of hydrogen-bond donors (Lipinski definition) is 0. The van der Waals surface area contributed by atoms with E-state index in [0.29, 0.717) is 37.4 Å². The quantitative estimate of drug-likeness (QED) is 0.301. The number of esters is 1. The molecule has 2 aromatic rings. The average molecular weight is 438 g/mol. The number of amides is 2. The minimum Gasteiger partial charge on any atom is -0.465 e. The zero-order valence-electron chi connectivity index (χ0n) is 17.5. The third-order valence-electron chi connectivity index (χ3n) is 5.85. The zero-order valence-corrected chi connectivity index (χ0v) is 17.5. The molecule has 0 bridgehead atoms. The number of non-ortho nitro benzene ring substituents is 1. The first-order chi connectivity index (χ1) is 15.4. The molecule has 2 saturated heterocycles. The number of carbonyl (C=O) groups excluding carboxylic acids is 3. The van der Waals surface area contributed by atoms with Crippen LogP contribution in [-0.4, -0.2) is 66.9 Å². The maximum absolute atomic E-state index is 13.0. The van der Waals surface area contributed by atoms with Crippen molar-refractivity contribution in [1.29, 1.82) is 0 Å². The van der Waals surface area contributed by atoms with Crippen LogP contribution >= 0.6 is 0 Å². The van der Waals surface area contributed by atoms with Crippen molar-refractivity contribution in [2.45, 2.75) is 12.5 Å². The molecule has 0 N–H and O–H groups in total. The lowest BCUT2D eigenvalue weighted by Crippen LogP contribution is -2.52. The molecule has 2 aromatic carbocycles. The van der Waals surface area contributed by atoms with Crippen molar-refractivity contribution < 1.29 is 24.0 Å². The maximum atomic E-state index is 13.0. The number of anilines is 2. The minimum atomic E-state index is -0.526. The number of piperazine rings is 1. The van der Waals surface area contributed by atoms with Crippen molar-refractivity contribution in [3.05, 3.63) is 64.2 Å².